The van der Waals surface area contributed by atoms with E-state index in [0.29, 0.717) is 12.5 Å². The van der Waals surface area contributed by atoms with Gasteiger partial charge in [0.2, 0.25) is 0 Å². The standard InChI is InChI=1S/C13H24N2O/c1-5-11(4)15-9-8-12(14-15)10-13(16,6-2)7-3/h8-9,11,16H,5-7,10H2,1-4H3. The van der Waals surface area contributed by atoms with Crippen LogP contribution in [0.1, 0.15) is 58.7 Å². The highest BCUT2D eigenvalue weighted by Crippen LogP contribution is 2.20. The summed E-state index contributed by atoms with van der Waals surface area (Å²) in [4.78, 5) is 0. The number of rotatable bonds is 6. The number of nitrogens with zero attached hydrogens (tertiary/aromatic N) is 2. The summed E-state index contributed by atoms with van der Waals surface area (Å²) in [7, 11) is 0. The summed E-state index contributed by atoms with van der Waals surface area (Å²) in [5.41, 5.74) is 0.403. The van der Waals surface area contributed by atoms with Crippen molar-refractivity contribution in [3.8, 4) is 0 Å². The summed E-state index contributed by atoms with van der Waals surface area (Å²) in [6.07, 6.45) is 5.30. The minimum Gasteiger partial charge on any atom is -0.390 e. The summed E-state index contributed by atoms with van der Waals surface area (Å²) in [5, 5.41) is 14.8. The van der Waals surface area contributed by atoms with E-state index in [2.05, 4.69) is 18.9 Å². The number of hydrogen-bond acceptors (Lipinski definition) is 2. The van der Waals surface area contributed by atoms with Gasteiger partial charge in [-0.05, 0) is 32.3 Å². The predicted octanol–water partition coefficient (Wildman–Crippen LogP) is 2.95. The zero-order valence-electron chi connectivity index (χ0n) is 10.9. The monoisotopic (exact) mass is 224 g/mol. The van der Waals surface area contributed by atoms with E-state index in [0.717, 1.165) is 25.0 Å². The topological polar surface area (TPSA) is 38.0 Å². The fourth-order valence-corrected chi connectivity index (χ4v) is 1.74. The second-order valence-electron chi connectivity index (χ2n) is 4.65. The first-order chi connectivity index (χ1) is 7.54. The summed E-state index contributed by atoms with van der Waals surface area (Å²) >= 11 is 0. The third kappa shape index (κ3) is 3.08. The molecule has 0 aliphatic rings. The Hall–Kier alpha value is -0.830. The Bertz CT molecular complexity index is 315. The van der Waals surface area contributed by atoms with Crippen LogP contribution in [0.3, 0.4) is 0 Å². The van der Waals surface area contributed by atoms with Crippen LogP contribution in [-0.4, -0.2) is 20.5 Å². The molecule has 1 aromatic rings. The average molecular weight is 224 g/mol. The minimum absolute atomic E-state index is 0.435. The van der Waals surface area contributed by atoms with Crippen molar-refractivity contribution in [2.75, 3.05) is 0 Å². The van der Waals surface area contributed by atoms with E-state index in [-0.39, 0.29) is 0 Å². The molecular weight excluding hydrogens is 200 g/mol. The third-order valence-electron chi connectivity index (χ3n) is 3.53. The quantitative estimate of drug-likeness (QED) is 0.806. The Balaban J connectivity index is 2.71. The second-order valence-corrected chi connectivity index (χ2v) is 4.65. The molecule has 0 amide bonds. The van der Waals surface area contributed by atoms with Crippen molar-refractivity contribution in [1.29, 1.82) is 0 Å². The smallest absolute Gasteiger partial charge is 0.0698 e. The molecule has 1 heterocycles. The van der Waals surface area contributed by atoms with Crippen molar-refractivity contribution in [2.24, 2.45) is 0 Å². The van der Waals surface area contributed by atoms with Gasteiger partial charge in [-0.3, -0.25) is 4.68 Å². The minimum atomic E-state index is -0.589. The first kappa shape index (κ1) is 13.2. The molecule has 92 valence electrons. The van der Waals surface area contributed by atoms with Gasteiger partial charge in [-0.2, -0.15) is 5.10 Å². The van der Waals surface area contributed by atoms with Crippen molar-refractivity contribution >= 4 is 0 Å². The molecule has 1 unspecified atom stereocenters. The fourth-order valence-electron chi connectivity index (χ4n) is 1.74. The van der Waals surface area contributed by atoms with Crippen molar-refractivity contribution < 1.29 is 5.11 Å². The highest BCUT2D eigenvalue weighted by molar-refractivity contribution is 5.04. The molecule has 3 nitrogen and oxygen atoms in total. The van der Waals surface area contributed by atoms with E-state index >= 15 is 0 Å². The van der Waals surface area contributed by atoms with Crippen molar-refractivity contribution in [3.63, 3.8) is 0 Å². The van der Waals surface area contributed by atoms with Crippen LogP contribution in [0.4, 0.5) is 0 Å². The lowest BCUT2D eigenvalue weighted by atomic mass is 9.92. The maximum atomic E-state index is 10.2. The van der Waals surface area contributed by atoms with E-state index in [1.807, 2.05) is 30.8 Å². The van der Waals surface area contributed by atoms with Gasteiger partial charge < -0.3 is 5.11 Å². The lowest BCUT2D eigenvalue weighted by Crippen LogP contribution is -2.29. The van der Waals surface area contributed by atoms with Gasteiger partial charge in [0.05, 0.1) is 11.3 Å². The number of aliphatic hydroxyl groups is 1. The molecule has 0 saturated carbocycles. The third-order valence-corrected chi connectivity index (χ3v) is 3.53. The maximum Gasteiger partial charge on any atom is 0.0698 e. The van der Waals surface area contributed by atoms with Gasteiger partial charge in [-0.1, -0.05) is 20.8 Å². The zero-order chi connectivity index (χ0) is 12.2. The summed E-state index contributed by atoms with van der Waals surface area (Å²) in [5.74, 6) is 0. The molecule has 0 fully saturated rings. The van der Waals surface area contributed by atoms with Crippen molar-refractivity contribution in [1.82, 2.24) is 9.78 Å². The van der Waals surface area contributed by atoms with Crippen molar-refractivity contribution in [3.05, 3.63) is 18.0 Å². The van der Waals surface area contributed by atoms with Crippen LogP contribution in [0.2, 0.25) is 0 Å². The molecule has 0 aliphatic carbocycles. The van der Waals surface area contributed by atoms with Crippen LogP contribution in [0.25, 0.3) is 0 Å². The van der Waals surface area contributed by atoms with Gasteiger partial charge in [-0.25, -0.2) is 0 Å². The molecule has 0 radical (unpaired) electrons. The van der Waals surface area contributed by atoms with Gasteiger partial charge >= 0.3 is 0 Å². The first-order valence-corrected chi connectivity index (χ1v) is 6.31. The molecule has 1 aromatic heterocycles. The van der Waals surface area contributed by atoms with E-state index in [1.54, 1.807) is 0 Å². The van der Waals surface area contributed by atoms with Crippen molar-refractivity contribution in [2.45, 2.75) is 65.0 Å². The number of hydrogen-bond donors (Lipinski definition) is 1. The second kappa shape index (κ2) is 5.48. The molecule has 0 aliphatic heterocycles. The predicted molar refractivity (Wildman–Crippen MR) is 66.5 cm³/mol. The van der Waals surface area contributed by atoms with Crippen LogP contribution in [-0.2, 0) is 6.42 Å². The van der Waals surface area contributed by atoms with E-state index in [9.17, 15) is 5.11 Å². The van der Waals surface area contributed by atoms with Gasteiger partial charge in [-0.15, -0.1) is 0 Å². The van der Waals surface area contributed by atoms with Crippen LogP contribution >= 0.6 is 0 Å². The van der Waals surface area contributed by atoms with E-state index in [4.69, 9.17) is 0 Å². The molecule has 0 aromatic carbocycles. The van der Waals surface area contributed by atoms with Gasteiger partial charge in [0.15, 0.2) is 0 Å². The molecule has 3 heteroatoms. The lowest BCUT2D eigenvalue weighted by Gasteiger charge is -2.23. The highest BCUT2D eigenvalue weighted by atomic mass is 16.3. The summed E-state index contributed by atoms with van der Waals surface area (Å²) in [6, 6.07) is 2.45. The van der Waals surface area contributed by atoms with E-state index in [1.165, 1.54) is 0 Å². The molecule has 16 heavy (non-hydrogen) atoms. The molecule has 0 saturated heterocycles. The van der Waals surface area contributed by atoms with Crippen LogP contribution in [0.15, 0.2) is 12.3 Å². The molecule has 0 bridgehead atoms. The highest BCUT2D eigenvalue weighted by Gasteiger charge is 2.23. The largest absolute Gasteiger partial charge is 0.390 e. The SMILES string of the molecule is CCC(C)n1ccc(CC(O)(CC)CC)n1. The molecule has 1 atom stereocenters. The van der Waals surface area contributed by atoms with Gasteiger partial charge in [0.25, 0.3) is 0 Å². The molecule has 0 spiro atoms. The van der Waals surface area contributed by atoms with Gasteiger partial charge in [0.1, 0.15) is 0 Å². The number of aromatic nitrogens is 2. The molecule has 1 N–H and O–H groups in total. The summed E-state index contributed by atoms with van der Waals surface area (Å²) < 4.78 is 1.99. The lowest BCUT2D eigenvalue weighted by molar-refractivity contribution is 0.0315. The van der Waals surface area contributed by atoms with Crippen LogP contribution < -0.4 is 0 Å². The van der Waals surface area contributed by atoms with Crippen LogP contribution in [0, 0.1) is 0 Å². The summed E-state index contributed by atoms with van der Waals surface area (Å²) in [6.45, 7) is 8.35. The van der Waals surface area contributed by atoms with Crippen LogP contribution in [0.5, 0.6) is 0 Å². The van der Waals surface area contributed by atoms with E-state index < -0.39 is 5.60 Å². The maximum absolute atomic E-state index is 10.2. The Morgan fingerprint density at radius 2 is 2.00 bits per heavy atom. The molecular formula is C13H24N2O. The molecule has 1 rings (SSSR count). The Labute approximate surface area is 98.5 Å². The zero-order valence-corrected chi connectivity index (χ0v) is 10.9. The normalized spacial score (nSPS) is 14.1. The Kier molecular flexibility index (Phi) is 4.54. The average Bonchev–Trinajstić information content (AvgIpc) is 2.76. The Morgan fingerprint density at radius 1 is 1.38 bits per heavy atom. The fraction of sp³-hybridized carbons (Fsp3) is 0.769. The van der Waals surface area contributed by atoms with Gasteiger partial charge in [0, 0.05) is 18.7 Å². The Morgan fingerprint density at radius 3 is 2.50 bits per heavy atom. The first-order valence-electron chi connectivity index (χ1n) is 6.31.